The first kappa shape index (κ1) is 6.90. The minimum Gasteiger partial charge on any atom is -0.382 e. The molecule has 5 nitrogen and oxygen atoms in total. The van der Waals surface area contributed by atoms with Crippen LogP contribution in [0.15, 0.2) is 18.7 Å². The second-order valence-electron chi connectivity index (χ2n) is 2.52. The number of H-pyrrole nitrogens is 1. The van der Waals surface area contributed by atoms with Gasteiger partial charge in [-0.2, -0.15) is 0 Å². The van der Waals surface area contributed by atoms with Gasteiger partial charge in [0.05, 0.1) is 6.33 Å². The number of nitrogens with two attached hydrogens (primary N) is 1. The number of aromatic amines is 1. The third kappa shape index (κ3) is 0.868. The van der Waals surface area contributed by atoms with Crippen LogP contribution in [-0.4, -0.2) is 19.5 Å². The third-order valence-corrected chi connectivity index (χ3v) is 1.71. The van der Waals surface area contributed by atoms with E-state index in [-0.39, 0.29) is 0 Å². The summed E-state index contributed by atoms with van der Waals surface area (Å²) < 4.78 is 1.88. The summed E-state index contributed by atoms with van der Waals surface area (Å²) in [5, 5.41) is 0. The van der Waals surface area contributed by atoms with Crippen LogP contribution in [0.1, 0.15) is 0 Å². The molecule has 0 saturated heterocycles. The van der Waals surface area contributed by atoms with Crippen molar-refractivity contribution < 1.29 is 0 Å². The van der Waals surface area contributed by atoms with E-state index in [0.717, 1.165) is 11.5 Å². The van der Waals surface area contributed by atoms with Crippen molar-refractivity contribution in [1.29, 1.82) is 0 Å². The Bertz CT molecular complexity index is 348. The molecule has 2 rings (SSSR count). The number of aryl methyl sites for hydroxylation is 1. The molecule has 12 heavy (non-hydrogen) atoms. The molecule has 0 spiro atoms. The smallest absolute Gasteiger partial charge is 0.160 e. The first-order valence-electron chi connectivity index (χ1n) is 3.55. The molecule has 0 radical (unpaired) electrons. The van der Waals surface area contributed by atoms with E-state index in [1.54, 1.807) is 12.5 Å². The van der Waals surface area contributed by atoms with Crippen molar-refractivity contribution in [1.82, 2.24) is 19.5 Å². The fraction of sp³-hybridized carbons (Fsp3) is 0.143. The summed E-state index contributed by atoms with van der Waals surface area (Å²) >= 11 is 0. The zero-order valence-electron chi connectivity index (χ0n) is 6.65. The Morgan fingerprint density at radius 1 is 1.50 bits per heavy atom. The maximum Gasteiger partial charge on any atom is 0.160 e. The average molecular weight is 163 g/mol. The number of imidazole rings is 2. The second-order valence-corrected chi connectivity index (χ2v) is 2.52. The quantitative estimate of drug-likeness (QED) is 0.638. The summed E-state index contributed by atoms with van der Waals surface area (Å²) in [4.78, 5) is 10.9. The van der Waals surface area contributed by atoms with Gasteiger partial charge in [-0.3, -0.25) is 0 Å². The Morgan fingerprint density at radius 3 is 2.83 bits per heavy atom. The molecule has 0 aliphatic carbocycles. The molecule has 0 saturated carbocycles. The Morgan fingerprint density at radius 2 is 2.33 bits per heavy atom. The molecular formula is C7H9N5. The van der Waals surface area contributed by atoms with Gasteiger partial charge >= 0.3 is 0 Å². The van der Waals surface area contributed by atoms with E-state index in [2.05, 4.69) is 15.0 Å². The van der Waals surface area contributed by atoms with Gasteiger partial charge in [-0.05, 0) is 0 Å². The molecule has 0 aliphatic rings. The number of hydrogen-bond acceptors (Lipinski definition) is 3. The molecule has 0 aromatic carbocycles. The minimum absolute atomic E-state index is 0.476. The first-order valence-corrected chi connectivity index (χ1v) is 3.55. The van der Waals surface area contributed by atoms with Crippen LogP contribution >= 0.6 is 0 Å². The number of nitrogen functional groups attached to an aromatic ring is 1. The maximum absolute atomic E-state index is 5.60. The van der Waals surface area contributed by atoms with E-state index < -0.39 is 0 Å². The van der Waals surface area contributed by atoms with Crippen LogP contribution in [0.3, 0.4) is 0 Å². The first-order chi connectivity index (χ1) is 5.79. The highest BCUT2D eigenvalue weighted by Crippen LogP contribution is 2.18. The van der Waals surface area contributed by atoms with Crippen LogP contribution in [0.4, 0.5) is 5.82 Å². The van der Waals surface area contributed by atoms with Gasteiger partial charge in [0.15, 0.2) is 11.6 Å². The summed E-state index contributed by atoms with van der Waals surface area (Å²) in [6.45, 7) is 0. The van der Waals surface area contributed by atoms with Crippen LogP contribution in [0, 0.1) is 0 Å². The predicted molar refractivity (Wildman–Crippen MR) is 45.2 cm³/mol. The molecule has 0 bridgehead atoms. The number of anilines is 1. The highest BCUT2D eigenvalue weighted by atomic mass is 15.1. The fourth-order valence-electron chi connectivity index (χ4n) is 1.09. The lowest BCUT2D eigenvalue weighted by molar-refractivity contribution is 0.920. The highest BCUT2D eigenvalue weighted by Gasteiger charge is 2.08. The molecule has 5 heteroatoms. The van der Waals surface area contributed by atoms with Crippen molar-refractivity contribution >= 4 is 5.82 Å². The number of nitrogens with zero attached hydrogens (tertiary/aromatic N) is 3. The van der Waals surface area contributed by atoms with Crippen LogP contribution in [0.25, 0.3) is 11.5 Å². The highest BCUT2D eigenvalue weighted by molar-refractivity contribution is 5.63. The lowest BCUT2D eigenvalue weighted by Gasteiger charge is -1.97. The van der Waals surface area contributed by atoms with Crippen molar-refractivity contribution in [2.45, 2.75) is 0 Å². The van der Waals surface area contributed by atoms with Gasteiger partial charge < -0.3 is 15.3 Å². The third-order valence-electron chi connectivity index (χ3n) is 1.71. The molecule has 3 N–H and O–H groups in total. The normalized spacial score (nSPS) is 10.4. The molecule has 0 fully saturated rings. The lowest BCUT2D eigenvalue weighted by atomic mass is 10.4. The summed E-state index contributed by atoms with van der Waals surface area (Å²) in [5.41, 5.74) is 6.37. The molecule has 0 aliphatic heterocycles. The SMILES string of the molecule is Cn1ccnc1-c1[nH]cnc1N. The molecule has 0 unspecified atom stereocenters. The van der Waals surface area contributed by atoms with Crippen molar-refractivity contribution in [2.24, 2.45) is 7.05 Å². The monoisotopic (exact) mass is 163 g/mol. The van der Waals surface area contributed by atoms with Crippen molar-refractivity contribution in [3.8, 4) is 11.5 Å². The van der Waals surface area contributed by atoms with Gasteiger partial charge in [-0.1, -0.05) is 0 Å². The van der Waals surface area contributed by atoms with E-state index in [1.807, 2.05) is 17.8 Å². The van der Waals surface area contributed by atoms with Gasteiger partial charge in [0.1, 0.15) is 5.69 Å². The summed E-state index contributed by atoms with van der Waals surface area (Å²) in [5.74, 6) is 1.27. The van der Waals surface area contributed by atoms with Crippen LogP contribution < -0.4 is 5.73 Å². The summed E-state index contributed by atoms with van der Waals surface area (Å²) in [6, 6.07) is 0. The largest absolute Gasteiger partial charge is 0.382 e. The maximum atomic E-state index is 5.60. The molecule has 62 valence electrons. The van der Waals surface area contributed by atoms with E-state index in [4.69, 9.17) is 5.73 Å². The number of rotatable bonds is 1. The summed E-state index contributed by atoms with van der Waals surface area (Å²) in [7, 11) is 1.91. The topological polar surface area (TPSA) is 72.5 Å². The second kappa shape index (κ2) is 2.37. The Labute approximate surface area is 69.3 Å². The van der Waals surface area contributed by atoms with Crippen molar-refractivity contribution in [3.63, 3.8) is 0 Å². The molecule has 2 heterocycles. The summed E-state index contributed by atoms with van der Waals surface area (Å²) in [6.07, 6.45) is 5.13. The number of hydrogen-bond donors (Lipinski definition) is 2. The molecule has 2 aromatic rings. The Kier molecular flexibility index (Phi) is 1.36. The Balaban J connectivity index is 2.57. The molecule has 0 amide bonds. The van der Waals surface area contributed by atoms with Gasteiger partial charge in [0, 0.05) is 19.4 Å². The fourth-order valence-corrected chi connectivity index (χ4v) is 1.09. The van der Waals surface area contributed by atoms with E-state index in [0.29, 0.717) is 5.82 Å². The van der Waals surface area contributed by atoms with Gasteiger partial charge in [0.25, 0.3) is 0 Å². The average Bonchev–Trinajstić information content (AvgIpc) is 2.59. The zero-order valence-corrected chi connectivity index (χ0v) is 6.65. The van der Waals surface area contributed by atoms with E-state index in [1.165, 1.54) is 0 Å². The van der Waals surface area contributed by atoms with E-state index in [9.17, 15) is 0 Å². The molecule has 2 aromatic heterocycles. The molecular weight excluding hydrogens is 154 g/mol. The zero-order chi connectivity index (χ0) is 8.55. The van der Waals surface area contributed by atoms with Gasteiger partial charge in [-0.25, -0.2) is 9.97 Å². The number of aromatic nitrogens is 4. The molecule has 0 atom stereocenters. The Hall–Kier alpha value is -1.78. The minimum atomic E-state index is 0.476. The van der Waals surface area contributed by atoms with E-state index >= 15 is 0 Å². The standard InChI is InChI=1S/C7H9N5/c1-12-3-2-9-7(12)5-6(8)11-4-10-5/h2-4H,8H2,1H3,(H,10,11). The van der Waals surface area contributed by atoms with Crippen molar-refractivity contribution in [2.75, 3.05) is 5.73 Å². The van der Waals surface area contributed by atoms with Crippen LogP contribution in [0.2, 0.25) is 0 Å². The van der Waals surface area contributed by atoms with Gasteiger partial charge in [-0.15, -0.1) is 0 Å². The number of nitrogens with one attached hydrogen (secondary N) is 1. The van der Waals surface area contributed by atoms with Crippen molar-refractivity contribution in [3.05, 3.63) is 18.7 Å². The van der Waals surface area contributed by atoms with Crippen LogP contribution in [-0.2, 0) is 7.05 Å². The van der Waals surface area contributed by atoms with Gasteiger partial charge in [0.2, 0.25) is 0 Å². The van der Waals surface area contributed by atoms with Crippen LogP contribution in [0.5, 0.6) is 0 Å². The lowest BCUT2D eigenvalue weighted by Crippen LogP contribution is -1.95. The predicted octanol–water partition coefficient (Wildman–Crippen LogP) is 0.392.